The Bertz CT molecular complexity index is 1400. The summed E-state index contributed by atoms with van der Waals surface area (Å²) in [6.07, 6.45) is 2.92. The van der Waals surface area contributed by atoms with Crippen LogP contribution >= 0.6 is 0 Å². The van der Waals surface area contributed by atoms with Gasteiger partial charge in [0, 0.05) is 17.0 Å². The van der Waals surface area contributed by atoms with Crippen molar-refractivity contribution in [1.82, 2.24) is 19.7 Å². The lowest BCUT2D eigenvalue weighted by Gasteiger charge is -2.20. The average Bonchev–Trinajstić information content (AvgIpc) is 3.40. The summed E-state index contributed by atoms with van der Waals surface area (Å²) in [5.41, 5.74) is 2.74. The van der Waals surface area contributed by atoms with E-state index in [1.54, 1.807) is 45.3 Å². The predicted octanol–water partition coefficient (Wildman–Crippen LogP) is 4.53. The number of hydrogen-bond donors (Lipinski definition) is 0. The summed E-state index contributed by atoms with van der Waals surface area (Å²) in [4.78, 5) is 22.4. The second-order valence-electron chi connectivity index (χ2n) is 8.38. The number of fused-ring (bicyclic) bond motifs is 1. The Morgan fingerprint density at radius 3 is 2.32 bits per heavy atom. The van der Waals surface area contributed by atoms with Crippen molar-refractivity contribution in [3.8, 4) is 34.1 Å². The number of methoxy groups -OCH3 is 3. The van der Waals surface area contributed by atoms with Crippen LogP contribution in [0, 0.1) is 0 Å². The molecule has 10 nitrogen and oxygen atoms in total. The molecule has 0 saturated heterocycles. The molecule has 4 rings (SSSR count). The Kier molecular flexibility index (Phi) is 7.76. The van der Waals surface area contributed by atoms with Gasteiger partial charge in [0.1, 0.15) is 12.7 Å². The minimum absolute atomic E-state index is 0.0786. The van der Waals surface area contributed by atoms with E-state index in [1.165, 1.54) is 6.33 Å². The number of aromatic nitrogens is 4. The summed E-state index contributed by atoms with van der Waals surface area (Å²) in [5.74, 6) is 1.65. The highest BCUT2D eigenvalue weighted by atomic mass is 16.5. The molecule has 2 heterocycles. The molecule has 0 fully saturated rings. The normalized spacial score (nSPS) is 11.0. The van der Waals surface area contributed by atoms with Crippen molar-refractivity contribution in [3.05, 3.63) is 54.2 Å². The van der Waals surface area contributed by atoms with E-state index >= 15 is 0 Å². The van der Waals surface area contributed by atoms with Crippen LogP contribution in [0.4, 0.5) is 0 Å². The SMILES string of the molecule is CCOC(=O)c1c(Cn2cncn2)nc2cc(OC(C)C)c(OC)cc2c1-c1ccc(OC)c(OC)c1. The fourth-order valence-corrected chi connectivity index (χ4v) is 4.12. The predicted molar refractivity (Wildman–Crippen MR) is 138 cm³/mol. The number of carbonyl (C=O) groups is 1. The minimum Gasteiger partial charge on any atom is -0.493 e. The molecule has 37 heavy (non-hydrogen) atoms. The van der Waals surface area contributed by atoms with E-state index in [9.17, 15) is 4.79 Å². The molecule has 0 aliphatic heterocycles. The summed E-state index contributed by atoms with van der Waals surface area (Å²) in [5, 5.41) is 4.89. The molecule has 0 saturated carbocycles. The minimum atomic E-state index is -0.502. The fourth-order valence-electron chi connectivity index (χ4n) is 4.12. The highest BCUT2D eigenvalue weighted by molar-refractivity contribution is 6.08. The number of hydrogen-bond acceptors (Lipinski definition) is 9. The first kappa shape index (κ1) is 25.7. The van der Waals surface area contributed by atoms with Crippen LogP contribution in [0.5, 0.6) is 23.0 Å². The number of ether oxygens (including phenoxy) is 5. The summed E-state index contributed by atoms with van der Waals surface area (Å²) in [6, 6.07) is 9.12. The van der Waals surface area contributed by atoms with Gasteiger partial charge >= 0.3 is 5.97 Å². The van der Waals surface area contributed by atoms with Gasteiger partial charge in [0.25, 0.3) is 0 Å². The molecule has 0 atom stereocenters. The third-order valence-corrected chi connectivity index (χ3v) is 5.64. The van der Waals surface area contributed by atoms with E-state index in [-0.39, 0.29) is 19.3 Å². The smallest absolute Gasteiger partial charge is 0.340 e. The monoisotopic (exact) mass is 506 g/mol. The first-order chi connectivity index (χ1) is 17.9. The van der Waals surface area contributed by atoms with Gasteiger partial charge in [0.05, 0.1) is 57.4 Å². The van der Waals surface area contributed by atoms with E-state index in [0.717, 1.165) is 0 Å². The standard InChI is InChI=1S/C27H30N4O6/c1-7-36-27(32)26-20(13-31-15-28-14-29-31)30-19-12-24(37-16(2)3)23(35-6)11-18(19)25(26)17-8-9-21(33-4)22(10-17)34-5/h8-12,14-16H,7,13H2,1-6H3. The van der Waals surface area contributed by atoms with Crippen molar-refractivity contribution in [1.29, 1.82) is 0 Å². The summed E-state index contributed by atoms with van der Waals surface area (Å²) in [6.45, 7) is 6.04. The van der Waals surface area contributed by atoms with Crippen LogP contribution in [0.3, 0.4) is 0 Å². The van der Waals surface area contributed by atoms with Gasteiger partial charge in [0.15, 0.2) is 23.0 Å². The van der Waals surface area contributed by atoms with Crippen molar-refractivity contribution in [2.75, 3.05) is 27.9 Å². The Hall–Kier alpha value is -4.34. The average molecular weight is 507 g/mol. The number of nitrogens with zero attached hydrogens (tertiary/aromatic N) is 4. The van der Waals surface area contributed by atoms with Gasteiger partial charge < -0.3 is 23.7 Å². The zero-order chi connectivity index (χ0) is 26.5. The molecule has 0 bridgehead atoms. The molecule has 0 unspecified atom stereocenters. The maximum atomic E-state index is 13.5. The summed E-state index contributed by atoms with van der Waals surface area (Å²) < 4.78 is 29.7. The zero-order valence-corrected chi connectivity index (χ0v) is 21.8. The van der Waals surface area contributed by atoms with Crippen LogP contribution in [-0.2, 0) is 11.3 Å². The number of benzene rings is 2. The van der Waals surface area contributed by atoms with Gasteiger partial charge in [-0.1, -0.05) is 6.07 Å². The highest BCUT2D eigenvalue weighted by Crippen LogP contribution is 2.42. The molecule has 0 aliphatic carbocycles. The van der Waals surface area contributed by atoms with Crippen LogP contribution in [-0.4, -0.2) is 59.8 Å². The molecular formula is C27H30N4O6. The van der Waals surface area contributed by atoms with Gasteiger partial charge in [0.2, 0.25) is 0 Å². The van der Waals surface area contributed by atoms with Crippen LogP contribution in [0.15, 0.2) is 43.0 Å². The van der Waals surface area contributed by atoms with Crippen LogP contribution in [0.2, 0.25) is 0 Å². The van der Waals surface area contributed by atoms with Gasteiger partial charge in [-0.05, 0) is 44.5 Å². The molecule has 0 aliphatic rings. The first-order valence-electron chi connectivity index (χ1n) is 11.8. The maximum Gasteiger partial charge on any atom is 0.340 e. The lowest BCUT2D eigenvalue weighted by atomic mass is 9.93. The molecule has 2 aromatic heterocycles. The van der Waals surface area contributed by atoms with Crippen molar-refractivity contribution >= 4 is 16.9 Å². The van der Waals surface area contributed by atoms with Gasteiger partial charge in [-0.3, -0.25) is 0 Å². The van der Waals surface area contributed by atoms with Crippen LogP contribution in [0.1, 0.15) is 36.8 Å². The summed E-state index contributed by atoms with van der Waals surface area (Å²) in [7, 11) is 4.71. The number of rotatable bonds is 10. The Morgan fingerprint density at radius 1 is 0.973 bits per heavy atom. The lowest BCUT2D eigenvalue weighted by molar-refractivity contribution is 0.0525. The van der Waals surface area contributed by atoms with Crippen LogP contribution in [0.25, 0.3) is 22.0 Å². The van der Waals surface area contributed by atoms with E-state index in [2.05, 4.69) is 10.1 Å². The number of carbonyl (C=O) groups excluding carboxylic acids is 1. The van der Waals surface area contributed by atoms with Crippen LogP contribution < -0.4 is 18.9 Å². The Balaban J connectivity index is 2.10. The van der Waals surface area contributed by atoms with E-state index in [0.29, 0.717) is 56.3 Å². The van der Waals surface area contributed by atoms with E-state index < -0.39 is 5.97 Å². The molecule has 0 amide bonds. The largest absolute Gasteiger partial charge is 0.493 e. The second kappa shape index (κ2) is 11.2. The Morgan fingerprint density at radius 2 is 1.70 bits per heavy atom. The summed E-state index contributed by atoms with van der Waals surface area (Å²) >= 11 is 0. The second-order valence-corrected chi connectivity index (χ2v) is 8.38. The molecule has 0 spiro atoms. The topological polar surface area (TPSA) is 107 Å². The third-order valence-electron chi connectivity index (χ3n) is 5.64. The van der Waals surface area contributed by atoms with Crippen molar-refractivity contribution in [2.24, 2.45) is 0 Å². The van der Waals surface area contributed by atoms with Gasteiger partial charge in [-0.2, -0.15) is 5.10 Å². The number of esters is 1. The van der Waals surface area contributed by atoms with Gasteiger partial charge in [-0.15, -0.1) is 0 Å². The van der Waals surface area contributed by atoms with Crippen molar-refractivity contribution in [3.63, 3.8) is 0 Å². The fraction of sp³-hybridized carbons (Fsp3) is 0.333. The van der Waals surface area contributed by atoms with E-state index in [1.807, 2.05) is 38.1 Å². The van der Waals surface area contributed by atoms with E-state index in [4.69, 9.17) is 28.7 Å². The van der Waals surface area contributed by atoms with Crippen molar-refractivity contribution in [2.45, 2.75) is 33.4 Å². The molecule has 194 valence electrons. The molecule has 0 N–H and O–H groups in total. The molecular weight excluding hydrogens is 476 g/mol. The lowest BCUT2D eigenvalue weighted by Crippen LogP contribution is -2.15. The molecule has 10 heteroatoms. The Labute approximate surface area is 215 Å². The highest BCUT2D eigenvalue weighted by Gasteiger charge is 2.26. The number of pyridine rings is 1. The first-order valence-corrected chi connectivity index (χ1v) is 11.8. The molecule has 0 radical (unpaired) electrons. The quantitative estimate of drug-likeness (QED) is 0.287. The zero-order valence-electron chi connectivity index (χ0n) is 21.8. The maximum absolute atomic E-state index is 13.5. The van der Waals surface area contributed by atoms with Gasteiger partial charge in [-0.25, -0.2) is 19.4 Å². The molecule has 2 aromatic carbocycles. The van der Waals surface area contributed by atoms with Crippen molar-refractivity contribution < 1.29 is 28.5 Å². The third kappa shape index (κ3) is 5.28. The molecule has 4 aromatic rings.